The van der Waals surface area contributed by atoms with Gasteiger partial charge in [-0.15, -0.1) is 24.0 Å². The molecule has 0 atom stereocenters. The van der Waals surface area contributed by atoms with E-state index in [-0.39, 0.29) is 24.0 Å². The highest BCUT2D eigenvalue weighted by Gasteiger charge is 2.27. The first kappa shape index (κ1) is 24.8. The fourth-order valence-electron chi connectivity index (χ4n) is 3.15. The molecular weight excluding hydrogens is 467 g/mol. The van der Waals surface area contributed by atoms with Crippen LogP contribution in [0.3, 0.4) is 0 Å². The minimum absolute atomic E-state index is 0. The molecule has 0 amide bonds. The third-order valence-electron chi connectivity index (χ3n) is 4.70. The van der Waals surface area contributed by atoms with Crippen LogP contribution in [0, 0.1) is 0 Å². The topological polar surface area (TPSA) is 58.1 Å². The van der Waals surface area contributed by atoms with Crippen molar-refractivity contribution in [3.8, 4) is 11.5 Å². The number of nitrogens with one attached hydrogen (secondary N) is 2. The van der Waals surface area contributed by atoms with E-state index >= 15 is 0 Å². The maximum Gasteiger partial charge on any atom is 0.191 e. The fraction of sp³-hybridized carbons (Fsp3) is 0.667. The summed E-state index contributed by atoms with van der Waals surface area (Å²) in [7, 11) is 1.82. The Morgan fingerprint density at radius 2 is 1.75 bits per heavy atom. The van der Waals surface area contributed by atoms with Crippen LogP contribution in [-0.2, 0) is 6.42 Å². The molecule has 0 aliphatic heterocycles. The fourth-order valence-corrected chi connectivity index (χ4v) is 3.15. The lowest BCUT2D eigenvalue weighted by Gasteiger charge is -2.20. The molecule has 28 heavy (non-hydrogen) atoms. The number of ether oxygens (including phenoxy) is 2. The Labute approximate surface area is 187 Å². The minimum atomic E-state index is 0. The van der Waals surface area contributed by atoms with Crippen molar-refractivity contribution >= 4 is 29.9 Å². The van der Waals surface area contributed by atoms with E-state index in [2.05, 4.69) is 39.6 Å². The van der Waals surface area contributed by atoms with Crippen molar-refractivity contribution < 1.29 is 9.47 Å². The molecule has 6 nitrogen and oxygen atoms in total. The summed E-state index contributed by atoms with van der Waals surface area (Å²) in [4.78, 5) is 6.86. The van der Waals surface area contributed by atoms with E-state index in [0.29, 0.717) is 13.2 Å². The van der Waals surface area contributed by atoms with Gasteiger partial charge in [0.25, 0.3) is 0 Å². The molecule has 2 N–H and O–H groups in total. The van der Waals surface area contributed by atoms with Crippen molar-refractivity contribution in [2.24, 2.45) is 4.99 Å². The normalized spacial score (nSPS) is 13.8. The highest BCUT2D eigenvalue weighted by atomic mass is 127. The molecule has 1 saturated carbocycles. The summed E-state index contributed by atoms with van der Waals surface area (Å²) in [6.07, 6.45) is 3.61. The van der Waals surface area contributed by atoms with Crippen molar-refractivity contribution in [2.45, 2.75) is 46.1 Å². The minimum Gasteiger partial charge on any atom is -0.490 e. The van der Waals surface area contributed by atoms with Crippen molar-refractivity contribution in [2.75, 3.05) is 46.4 Å². The van der Waals surface area contributed by atoms with E-state index in [4.69, 9.17) is 9.47 Å². The van der Waals surface area contributed by atoms with Crippen molar-refractivity contribution in [3.05, 3.63) is 23.8 Å². The van der Waals surface area contributed by atoms with Gasteiger partial charge in [0.15, 0.2) is 17.5 Å². The van der Waals surface area contributed by atoms with Gasteiger partial charge in [-0.2, -0.15) is 0 Å². The monoisotopic (exact) mass is 504 g/mol. The molecule has 160 valence electrons. The van der Waals surface area contributed by atoms with Gasteiger partial charge in [-0.25, -0.2) is 0 Å². The molecule has 2 rings (SSSR count). The molecule has 1 fully saturated rings. The lowest BCUT2D eigenvalue weighted by atomic mass is 10.1. The summed E-state index contributed by atoms with van der Waals surface area (Å²) in [5.74, 6) is 2.49. The molecule has 1 aliphatic rings. The zero-order chi connectivity index (χ0) is 19.5. The zero-order valence-corrected chi connectivity index (χ0v) is 20.1. The van der Waals surface area contributed by atoms with Gasteiger partial charge >= 0.3 is 0 Å². The van der Waals surface area contributed by atoms with Gasteiger partial charge in [-0.1, -0.05) is 13.0 Å². The highest BCUT2D eigenvalue weighted by Crippen LogP contribution is 2.28. The quantitative estimate of drug-likeness (QED) is 0.260. The average Bonchev–Trinajstić information content (AvgIpc) is 3.51. The van der Waals surface area contributed by atoms with Crippen LogP contribution in [0.5, 0.6) is 11.5 Å². The second-order valence-electron chi connectivity index (χ2n) is 6.68. The Morgan fingerprint density at radius 1 is 1.07 bits per heavy atom. The van der Waals surface area contributed by atoms with Gasteiger partial charge in [0.2, 0.25) is 0 Å². The number of guanidine groups is 1. The Kier molecular flexibility index (Phi) is 12.3. The van der Waals surface area contributed by atoms with Crippen LogP contribution in [0.25, 0.3) is 0 Å². The van der Waals surface area contributed by atoms with Crippen LogP contribution in [0.4, 0.5) is 0 Å². The Bertz CT molecular complexity index is 594. The third-order valence-corrected chi connectivity index (χ3v) is 4.70. The number of rotatable bonds is 12. The van der Waals surface area contributed by atoms with Crippen LogP contribution in [-0.4, -0.2) is 63.3 Å². The first-order chi connectivity index (χ1) is 13.2. The lowest BCUT2D eigenvalue weighted by molar-refractivity contribution is 0.282. The van der Waals surface area contributed by atoms with Crippen molar-refractivity contribution in [3.63, 3.8) is 0 Å². The molecule has 0 spiro atoms. The maximum atomic E-state index is 5.70. The highest BCUT2D eigenvalue weighted by molar-refractivity contribution is 14.0. The molecule has 0 radical (unpaired) electrons. The Hall–Kier alpha value is -1.22. The largest absolute Gasteiger partial charge is 0.490 e. The predicted molar refractivity (Wildman–Crippen MR) is 128 cm³/mol. The summed E-state index contributed by atoms with van der Waals surface area (Å²) >= 11 is 0. The van der Waals surface area contributed by atoms with E-state index in [1.54, 1.807) is 0 Å². The van der Waals surface area contributed by atoms with Gasteiger partial charge in [-0.05, 0) is 57.4 Å². The van der Waals surface area contributed by atoms with Crippen LogP contribution in [0.2, 0.25) is 0 Å². The first-order valence-electron chi connectivity index (χ1n) is 10.3. The van der Waals surface area contributed by atoms with Crippen molar-refractivity contribution in [1.29, 1.82) is 0 Å². The zero-order valence-electron chi connectivity index (χ0n) is 17.8. The molecule has 1 aromatic carbocycles. The van der Waals surface area contributed by atoms with Crippen molar-refractivity contribution in [1.82, 2.24) is 15.5 Å². The van der Waals surface area contributed by atoms with E-state index in [0.717, 1.165) is 56.1 Å². The second-order valence-corrected chi connectivity index (χ2v) is 6.68. The molecule has 0 bridgehead atoms. The van der Waals surface area contributed by atoms with Crippen LogP contribution < -0.4 is 20.1 Å². The molecule has 0 aromatic heterocycles. The number of hydrogen-bond acceptors (Lipinski definition) is 4. The maximum absolute atomic E-state index is 5.70. The summed E-state index contributed by atoms with van der Waals surface area (Å²) in [6, 6.07) is 6.97. The predicted octanol–water partition coefficient (Wildman–Crippen LogP) is 3.29. The Balaban J connectivity index is 0.00000392. The molecule has 0 saturated heterocycles. The van der Waals surface area contributed by atoms with Gasteiger partial charge in [0.1, 0.15) is 0 Å². The summed E-state index contributed by atoms with van der Waals surface area (Å²) in [6.45, 7) is 11.4. The summed E-state index contributed by atoms with van der Waals surface area (Å²) in [5.41, 5.74) is 1.22. The smallest absolute Gasteiger partial charge is 0.191 e. The van der Waals surface area contributed by atoms with Gasteiger partial charge < -0.3 is 20.1 Å². The SMILES string of the molecule is CCOc1ccc(CCNC(=NC)NCCN(CC)C2CC2)cc1OCC.I. The molecule has 1 aliphatic carbocycles. The number of aliphatic imine (C=N–C) groups is 1. The number of likely N-dealkylation sites (N-methyl/N-ethyl adjacent to an activating group) is 1. The van der Waals surface area contributed by atoms with E-state index in [1.807, 2.05) is 27.0 Å². The molecule has 0 unspecified atom stereocenters. The third kappa shape index (κ3) is 8.43. The Morgan fingerprint density at radius 3 is 2.36 bits per heavy atom. The van der Waals surface area contributed by atoms with E-state index in [9.17, 15) is 0 Å². The number of benzene rings is 1. The summed E-state index contributed by atoms with van der Waals surface area (Å²) < 4.78 is 11.3. The molecule has 0 heterocycles. The number of halogens is 1. The van der Waals surface area contributed by atoms with Crippen LogP contribution in [0.1, 0.15) is 39.2 Å². The van der Waals surface area contributed by atoms with E-state index < -0.39 is 0 Å². The van der Waals surface area contributed by atoms with Gasteiger partial charge in [0, 0.05) is 32.7 Å². The number of nitrogens with zero attached hydrogens (tertiary/aromatic N) is 2. The summed E-state index contributed by atoms with van der Waals surface area (Å²) in [5, 5.41) is 6.81. The molecule has 7 heteroatoms. The molecular formula is C21H37IN4O2. The average molecular weight is 504 g/mol. The van der Waals surface area contributed by atoms with Gasteiger partial charge in [-0.3, -0.25) is 9.89 Å². The lowest BCUT2D eigenvalue weighted by Crippen LogP contribution is -2.42. The molecule has 1 aromatic rings. The standard InChI is InChI=1S/C21H36N4O2.HI/c1-5-25(18-9-10-18)15-14-24-21(22-4)23-13-12-17-8-11-19(26-6-2)20(16-17)27-7-3;/h8,11,16,18H,5-7,9-10,12-15H2,1-4H3,(H2,22,23,24);1H. The van der Waals surface area contributed by atoms with Gasteiger partial charge in [0.05, 0.1) is 13.2 Å². The van der Waals surface area contributed by atoms with Crippen LogP contribution >= 0.6 is 24.0 Å². The number of hydrogen-bond donors (Lipinski definition) is 2. The first-order valence-corrected chi connectivity index (χ1v) is 10.3. The van der Waals surface area contributed by atoms with Crippen LogP contribution in [0.15, 0.2) is 23.2 Å². The second kappa shape index (κ2) is 13.9. The van der Waals surface area contributed by atoms with E-state index in [1.165, 1.54) is 18.4 Å².